The van der Waals surface area contributed by atoms with Gasteiger partial charge in [-0.05, 0) is 19.1 Å². The van der Waals surface area contributed by atoms with Crippen LogP contribution in [0, 0.1) is 11.9 Å². The van der Waals surface area contributed by atoms with Crippen molar-refractivity contribution in [2.75, 3.05) is 0 Å². The van der Waals surface area contributed by atoms with E-state index in [1.54, 1.807) is 0 Å². The molecule has 0 bridgehead atoms. The Labute approximate surface area is 72.4 Å². The van der Waals surface area contributed by atoms with Crippen molar-refractivity contribution in [1.82, 2.24) is 0 Å². The third-order valence-corrected chi connectivity index (χ3v) is 1.64. The highest BCUT2D eigenvalue weighted by atomic mass is 79.9. The lowest BCUT2D eigenvalue weighted by Crippen LogP contribution is -1.93. The van der Waals surface area contributed by atoms with E-state index in [2.05, 4.69) is 22.0 Å². The van der Waals surface area contributed by atoms with Crippen molar-refractivity contribution >= 4 is 21.7 Å². The molecule has 0 aliphatic heterocycles. The Morgan fingerprint density at radius 1 is 1.64 bits per heavy atom. The largest absolute Gasteiger partial charge is 0.294 e. The van der Waals surface area contributed by atoms with Gasteiger partial charge in [-0.15, -0.1) is 0 Å². The summed E-state index contributed by atoms with van der Waals surface area (Å²) in [6.07, 6.45) is 0. The van der Waals surface area contributed by atoms with E-state index in [-0.39, 0.29) is 11.3 Å². The highest BCUT2D eigenvalue weighted by Crippen LogP contribution is 2.14. The molecule has 0 aliphatic carbocycles. The molecule has 0 spiro atoms. The molecular weight excluding hydrogens is 211 g/mol. The molecule has 1 rings (SSSR count). The van der Waals surface area contributed by atoms with Crippen LogP contribution in [-0.4, -0.2) is 5.78 Å². The topological polar surface area (TPSA) is 17.1 Å². The minimum atomic E-state index is -0.524. The van der Waals surface area contributed by atoms with Crippen molar-refractivity contribution in [2.45, 2.75) is 6.92 Å². The molecule has 0 aliphatic rings. The van der Waals surface area contributed by atoms with Gasteiger partial charge in [-0.1, -0.05) is 15.9 Å². The molecular formula is C8H5BrFO. The Bertz CT molecular complexity index is 276. The number of rotatable bonds is 1. The van der Waals surface area contributed by atoms with Gasteiger partial charge in [0.05, 0.1) is 0 Å². The molecule has 1 aromatic carbocycles. The summed E-state index contributed by atoms with van der Waals surface area (Å²) in [6.45, 7) is 1.37. The van der Waals surface area contributed by atoms with Crippen molar-refractivity contribution in [3.63, 3.8) is 0 Å². The molecule has 0 aromatic heterocycles. The lowest BCUT2D eigenvalue weighted by atomic mass is 10.1. The summed E-state index contributed by atoms with van der Waals surface area (Å²) in [7, 11) is 0. The molecule has 1 nitrogen and oxygen atoms in total. The average Bonchev–Trinajstić information content (AvgIpc) is 1.85. The number of hydrogen-bond donors (Lipinski definition) is 0. The summed E-state index contributed by atoms with van der Waals surface area (Å²) < 4.78 is 13.1. The second-order valence-corrected chi connectivity index (χ2v) is 3.03. The van der Waals surface area contributed by atoms with Crippen LogP contribution in [0.2, 0.25) is 0 Å². The first-order valence-corrected chi connectivity index (χ1v) is 3.78. The normalized spacial score (nSPS) is 9.73. The SMILES string of the molecule is CC(=O)c1[c]c(F)cc(Br)c1. The smallest absolute Gasteiger partial charge is 0.160 e. The quantitative estimate of drug-likeness (QED) is 0.659. The number of halogens is 2. The van der Waals surface area contributed by atoms with Crippen LogP contribution in [0.3, 0.4) is 0 Å². The predicted octanol–water partition coefficient (Wildman–Crippen LogP) is 2.59. The van der Waals surface area contributed by atoms with Crippen molar-refractivity contribution in [3.8, 4) is 0 Å². The van der Waals surface area contributed by atoms with Gasteiger partial charge in [-0.2, -0.15) is 0 Å². The minimum Gasteiger partial charge on any atom is -0.294 e. The van der Waals surface area contributed by atoms with E-state index >= 15 is 0 Å². The average molecular weight is 216 g/mol. The Morgan fingerprint density at radius 3 is 2.73 bits per heavy atom. The number of ketones is 1. The summed E-state index contributed by atoms with van der Waals surface area (Å²) in [5.41, 5.74) is 0.261. The Morgan fingerprint density at radius 2 is 2.27 bits per heavy atom. The second kappa shape index (κ2) is 3.13. The molecule has 1 radical (unpaired) electrons. The van der Waals surface area contributed by atoms with Crippen LogP contribution >= 0.6 is 15.9 Å². The maximum Gasteiger partial charge on any atom is 0.160 e. The van der Waals surface area contributed by atoms with E-state index < -0.39 is 5.82 Å². The van der Waals surface area contributed by atoms with Crippen molar-refractivity contribution in [2.24, 2.45) is 0 Å². The van der Waals surface area contributed by atoms with E-state index in [9.17, 15) is 9.18 Å². The third-order valence-electron chi connectivity index (χ3n) is 1.18. The van der Waals surface area contributed by atoms with E-state index in [0.29, 0.717) is 4.47 Å². The first-order valence-electron chi connectivity index (χ1n) is 2.99. The molecule has 0 N–H and O–H groups in total. The molecule has 0 saturated carbocycles. The lowest BCUT2D eigenvalue weighted by molar-refractivity contribution is 0.101. The van der Waals surface area contributed by atoms with Crippen LogP contribution in [0.1, 0.15) is 17.3 Å². The van der Waals surface area contributed by atoms with Crippen molar-refractivity contribution in [3.05, 3.63) is 34.1 Å². The van der Waals surface area contributed by atoms with Crippen molar-refractivity contribution < 1.29 is 9.18 Å². The molecule has 0 amide bonds. The zero-order valence-electron chi connectivity index (χ0n) is 5.82. The Balaban J connectivity index is 3.19. The van der Waals surface area contributed by atoms with Gasteiger partial charge >= 0.3 is 0 Å². The van der Waals surface area contributed by atoms with E-state index in [1.165, 1.54) is 19.1 Å². The number of carbonyl (C=O) groups excluding carboxylic acids is 1. The second-order valence-electron chi connectivity index (χ2n) is 2.12. The molecule has 0 unspecified atom stereocenters. The van der Waals surface area contributed by atoms with Gasteiger partial charge in [0, 0.05) is 16.1 Å². The van der Waals surface area contributed by atoms with Crippen LogP contribution in [0.15, 0.2) is 16.6 Å². The maximum absolute atomic E-state index is 12.6. The number of benzene rings is 1. The number of carbonyl (C=O) groups is 1. The predicted molar refractivity (Wildman–Crippen MR) is 42.9 cm³/mol. The van der Waals surface area contributed by atoms with Gasteiger partial charge in [0.25, 0.3) is 0 Å². The molecule has 0 fully saturated rings. The number of Topliss-reactive ketones (excluding diaryl/α,β-unsaturated/α-hetero) is 1. The molecule has 0 saturated heterocycles. The van der Waals surface area contributed by atoms with Gasteiger partial charge in [-0.3, -0.25) is 4.79 Å². The molecule has 57 valence electrons. The minimum absolute atomic E-state index is 0.190. The van der Waals surface area contributed by atoms with E-state index in [0.717, 1.165) is 0 Å². The molecule has 1 aromatic rings. The Kier molecular flexibility index (Phi) is 2.39. The van der Waals surface area contributed by atoms with Gasteiger partial charge in [0.15, 0.2) is 5.78 Å². The van der Waals surface area contributed by atoms with Crippen LogP contribution in [0.4, 0.5) is 4.39 Å². The van der Waals surface area contributed by atoms with Gasteiger partial charge in [-0.25, -0.2) is 4.39 Å². The maximum atomic E-state index is 12.6. The lowest BCUT2D eigenvalue weighted by Gasteiger charge is -1.95. The van der Waals surface area contributed by atoms with Crippen LogP contribution in [-0.2, 0) is 0 Å². The summed E-state index contributed by atoms with van der Waals surface area (Å²) in [4.78, 5) is 10.7. The van der Waals surface area contributed by atoms with Gasteiger partial charge in [0.1, 0.15) is 5.82 Å². The highest BCUT2D eigenvalue weighted by Gasteiger charge is 2.02. The third kappa shape index (κ3) is 2.12. The zero-order valence-corrected chi connectivity index (χ0v) is 7.40. The fraction of sp³-hybridized carbons (Fsp3) is 0.125. The van der Waals surface area contributed by atoms with Crippen LogP contribution < -0.4 is 0 Å². The Hall–Kier alpha value is -0.700. The summed E-state index contributed by atoms with van der Waals surface area (Å²) in [5.74, 6) is -0.713. The fourth-order valence-electron chi connectivity index (χ4n) is 0.691. The van der Waals surface area contributed by atoms with E-state index in [1.807, 2.05) is 0 Å². The molecule has 0 atom stereocenters. The summed E-state index contributed by atoms with van der Waals surface area (Å²) >= 11 is 3.07. The van der Waals surface area contributed by atoms with Crippen LogP contribution in [0.25, 0.3) is 0 Å². The standard InChI is InChI=1S/C8H5BrFO/c1-5(11)6-2-7(9)4-8(10)3-6/h2,4H,1H3. The summed E-state index contributed by atoms with van der Waals surface area (Å²) in [6, 6.07) is 5.09. The molecule has 0 heterocycles. The summed E-state index contributed by atoms with van der Waals surface area (Å²) in [5, 5.41) is 0. The number of hydrogen-bond acceptors (Lipinski definition) is 1. The monoisotopic (exact) mass is 215 g/mol. The van der Waals surface area contributed by atoms with Crippen LogP contribution in [0.5, 0.6) is 0 Å². The highest BCUT2D eigenvalue weighted by molar-refractivity contribution is 9.10. The first kappa shape index (κ1) is 8.40. The molecule has 3 heteroatoms. The first-order chi connectivity index (χ1) is 5.09. The fourth-order valence-corrected chi connectivity index (χ4v) is 1.12. The van der Waals surface area contributed by atoms with Gasteiger partial charge in [0.2, 0.25) is 0 Å². The van der Waals surface area contributed by atoms with E-state index in [4.69, 9.17) is 0 Å². The zero-order chi connectivity index (χ0) is 8.43. The molecule has 11 heavy (non-hydrogen) atoms. The van der Waals surface area contributed by atoms with Gasteiger partial charge < -0.3 is 0 Å². The van der Waals surface area contributed by atoms with Crippen molar-refractivity contribution in [1.29, 1.82) is 0 Å².